The van der Waals surface area contributed by atoms with Crippen LogP contribution in [0.2, 0.25) is 0 Å². The largest absolute Gasteiger partial charge is 0.480 e. The van der Waals surface area contributed by atoms with Gasteiger partial charge in [0.1, 0.15) is 101 Å². The molecular weight excluding hydrogens is 2280 g/mol. The van der Waals surface area contributed by atoms with Crippen molar-refractivity contribution < 1.29 is 224 Å². The van der Waals surface area contributed by atoms with Crippen LogP contribution in [0, 0.1) is 0 Å². The molecule has 9 rings (SSSR count). The molecule has 0 unspecified atom stereocenters. The van der Waals surface area contributed by atoms with Crippen LogP contribution in [0.15, 0.2) is 173 Å². The Morgan fingerprint density at radius 2 is 0.460 bits per heavy atom. The van der Waals surface area contributed by atoms with E-state index >= 15 is 0 Å². The summed E-state index contributed by atoms with van der Waals surface area (Å²) in [5.74, 6) is 0. The molecule has 876 valence electrons. The minimum atomic E-state index is -10.7. The molecule has 68 heteroatoms. The molecule has 0 atom stereocenters. The summed E-state index contributed by atoms with van der Waals surface area (Å²) < 4.78 is 494. The summed E-state index contributed by atoms with van der Waals surface area (Å²) in [7, 11) is -69.5. The van der Waals surface area contributed by atoms with Crippen molar-refractivity contribution in [3.8, 4) is 0 Å². The molecule has 0 aliphatic rings. The van der Waals surface area contributed by atoms with E-state index in [0.717, 1.165) is 126 Å². The van der Waals surface area contributed by atoms with Crippen LogP contribution in [0.5, 0.6) is 0 Å². The number of unbranched alkanes of at least 4 members (excludes halogenated alkanes) is 11. The molecule has 0 bridgehead atoms. The van der Waals surface area contributed by atoms with Crippen molar-refractivity contribution in [2.45, 2.75) is 283 Å². The first-order valence-electron chi connectivity index (χ1n) is 45.6. The SMILES string of the molecule is CCCC[n+]1ccn(CCOCCCc2cccc3c(CCCOCCn4cc[n+](CCCC)c4)cccc23)c1.CCCCn1cc[n+](CCCCCCCC[n+]2ccn(CCCC)c2)c1.CCCCn1cc[n+](Cc2ccc(C[n+]3ccn(CCCC)c3)cc2)c1.F[P-](F)(F)(F)(F)F.F[P-](F)(F)(F)(F)F.F[P-](F)(F)(F)(F)F.F[P-](F)(F)(F)(F)F.O=S(=O)([N-]S(=O)(=O)C(F)(F)F)C(F)(F)F.O=S(=O)([N-]S(=O)(=O)C(F)(F)F)C(F)(F)F. The van der Waals surface area contributed by atoms with Gasteiger partial charge in [0.05, 0.1) is 65.6 Å². The van der Waals surface area contributed by atoms with Gasteiger partial charge in [-0.15, -0.1) is 0 Å². The predicted octanol–water partition coefficient (Wildman–Crippen LogP) is 29.6. The maximum Gasteiger partial charge on any atom is 0.480 e. The van der Waals surface area contributed by atoms with E-state index in [0.29, 0.717) is 0 Å². The van der Waals surface area contributed by atoms with Gasteiger partial charge in [-0.1, -0.05) is 154 Å². The molecule has 0 fully saturated rings. The standard InChI is InChI=1S/C34H50N4O2.C22H32N4.C22H40N4.2C2F6NO4S2.4F6P/c1-3-5-17-35-19-21-37(29-35)23-27-39-25-9-13-31-11-7-16-34-32(12-8-15-33(31)34)14-10-26-40-28-24-38-22-20-36(30-38)18-6-4-2;1-3-5-11-23-13-15-25(19-23)17-21-7-9-22(10-8-21)18-26-16-14-24(20-26)12-6-4-2;1-3-5-13-23-17-19-25(21-23)15-11-9-7-8-10-12-16-26-20-18-24(22-26)14-6-4-2;2*3-1(4,5)14(10,11)9-15(12,13)2(6,7)8;4*1-7(2,3,4,5)6/h7-8,11-12,15-16,19-22,29-30H,3-6,9-10,13-14,17-18,23-28H2,1-2H3;7-10,13-16,19-20H,3-6,11-12,17-18H2,1-2H3;17-22H,3-16H2,1-2H3;;;;;;/q3*+2;6*-1. The second kappa shape index (κ2) is 55.1. The third-order valence-electron chi connectivity index (χ3n) is 19.1. The third kappa shape index (κ3) is 75.7. The summed E-state index contributed by atoms with van der Waals surface area (Å²) in [6.07, 6.45) is 66.6. The number of rotatable bonds is 49. The average Bonchev–Trinajstić information content (AvgIpc) is 1.75. The molecule has 0 radical (unpaired) electrons. The topological polar surface area (TPSA) is 236 Å². The fourth-order valence-electron chi connectivity index (χ4n) is 12.2. The molecule has 3 aromatic carbocycles. The van der Waals surface area contributed by atoms with Crippen molar-refractivity contribution in [1.82, 2.24) is 27.4 Å². The van der Waals surface area contributed by atoms with E-state index in [1.165, 1.54) is 162 Å². The van der Waals surface area contributed by atoms with E-state index in [2.05, 4.69) is 269 Å². The molecule has 150 heavy (non-hydrogen) atoms. The average molecular weight is 2400 g/mol. The number of benzene rings is 3. The number of hydrogen-bond donors (Lipinski definition) is 0. The normalized spacial score (nSPS) is 14.4. The van der Waals surface area contributed by atoms with Crippen molar-refractivity contribution in [2.75, 3.05) is 26.4 Å². The van der Waals surface area contributed by atoms with Crippen LogP contribution in [0.4, 0.5) is 153 Å². The summed E-state index contributed by atoms with van der Waals surface area (Å²) >= 11 is 0. The fraction of sp³-hybridized carbons (Fsp3) is 0.585. The molecule has 0 saturated carbocycles. The maximum absolute atomic E-state index is 11.4. The van der Waals surface area contributed by atoms with E-state index in [9.17, 15) is 187 Å². The molecule has 0 amide bonds. The molecule has 0 aliphatic heterocycles. The second-order valence-corrected chi connectivity index (χ2v) is 47.8. The van der Waals surface area contributed by atoms with E-state index in [4.69, 9.17) is 9.47 Å². The number of nitrogens with zero attached hydrogens (tertiary/aromatic N) is 14. The van der Waals surface area contributed by atoms with Gasteiger partial charge < -0.3 is 17.7 Å². The molecule has 6 heterocycles. The van der Waals surface area contributed by atoms with E-state index < -0.39 is 93.4 Å². The van der Waals surface area contributed by atoms with Crippen molar-refractivity contribution in [3.05, 3.63) is 203 Å². The van der Waals surface area contributed by atoms with Crippen molar-refractivity contribution in [2.24, 2.45) is 0 Å². The number of imidazole rings is 6. The van der Waals surface area contributed by atoms with Gasteiger partial charge in [0.2, 0.25) is 38.0 Å². The number of ether oxygens (including phenoxy) is 2. The quantitative estimate of drug-likeness (QED) is 0.0151. The van der Waals surface area contributed by atoms with Gasteiger partial charge in [-0.25, -0.2) is 88.5 Å². The summed E-state index contributed by atoms with van der Waals surface area (Å²) in [5.41, 5.74) is -19.3. The predicted molar refractivity (Wildman–Crippen MR) is 493 cm³/mol. The Hall–Kier alpha value is -7.98. The van der Waals surface area contributed by atoms with Crippen LogP contribution < -0.4 is 27.4 Å². The third-order valence-corrected chi connectivity index (χ3v) is 24.5. The number of hydrogen-bond acceptors (Lipinski definition) is 10. The molecule has 0 saturated heterocycles. The van der Waals surface area contributed by atoms with E-state index in [1.54, 1.807) is 0 Å². The first-order valence-corrected chi connectivity index (χ1v) is 59.4. The Balaban J connectivity index is 0.000000907. The van der Waals surface area contributed by atoms with Gasteiger partial charge in [-0.3, -0.25) is 0 Å². The molecular formula is C82H122F36N14O10P4S4. The van der Waals surface area contributed by atoms with Gasteiger partial charge in [-0.05, 0) is 123 Å². The Labute approximate surface area is 842 Å². The minimum Gasteiger partial charge on any atom is -0.421 e. The first kappa shape index (κ1) is 140. The number of alkyl halides is 12. The summed E-state index contributed by atoms with van der Waals surface area (Å²) in [6, 6.07) is 22.5. The summed E-state index contributed by atoms with van der Waals surface area (Å²) in [5, 5.41) is 2.77. The number of sulfonamides is 4. The Bertz CT molecular complexity index is 5440. The Morgan fingerprint density at radius 1 is 0.260 bits per heavy atom. The molecule has 0 spiro atoms. The van der Waals surface area contributed by atoms with Crippen LogP contribution in [0.25, 0.3) is 19.0 Å². The molecule has 24 nitrogen and oxygen atoms in total. The number of aromatic nitrogens is 12. The number of halogens is 36. The second-order valence-electron chi connectivity index (χ2n) is 33.3. The van der Waals surface area contributed by atoms with Gasteiger partial charge in [0, 0.05) is 13.2 Å². The van der Waals surface area contributed by atoms with Crippen LogP contribution >= 0.6 is 31.2 Å². The van der Waals surface area contributed by atoms with Crippen LogP contribution in [0.1, 0.15) is 192 Å². The maximum atomic E-state index is 11.4. The number of fused-ring (bicyclic) bond motifs is 1. The van der Waals surface area contributed by atoms with Gasteiger partial charge in [0.25, 0.3) is 0 Å². The molecule has 0 aliphatic carbocycles. The number of aryl methyl sites for hydroxylation is 10. The van der Waals surface area contributed by atoms with Gasteiger partial charge in [-0.2, -0.15) is 52.7 Å². The molecule has 9 aromatic rings. The van der Waals surface area contributed by atoms with Crippen molar-refractivity contribution >= 4 is 82.1 Å². The van der Waals surface area contributed by atoms with Gasteiger partial charge in [0.15, 0.2) is 40.1 Å². The Morgan fingerprint density at radius 3 is 0.680 bits per heavy atom. The van der Waals surface area contributed by atoms with E-state index in [-0.39, 0.29) is 0 Å². The van der Waals surface area contributed by atoms with Gasteiger partial charge >= 0.3 is 154 Å². The first-order chi connectivity index (χ1) is 67.6. The van der Waals surface area contributed by atoms with Crippen molar-refractivity contribution in [1.29, 1.82) is 0 Å². The fourth-order valence-corrected chi connectivity index (χ4v) is 15.7. The zero-order chi connectivity index (χ0) is 116. The zero-order valence-electron chi connectivity index (χ0n) is 81.4. The van der Waals surface area contributed by atoms with Crippen LogP contribution in [-0.2, 0) is 141 Å². The summed E-state index contributed by atoms with van der Waals surface area (Å²) in [4.78, 5) is 0. The van der Waals surface area contributed by atoms with E-state index in [1.807, 2.05) is 0 Å². The van der Waals surface area contributed by atoms with Crippen LogP contribution in [-0.4, -0.2) is 110 Å². The molecule has 6 aromatic heterocycles. The minimum absolute atomic E-state index is 0.759. The monoisotopic (exact) mass is 2400 g/mol. The molecule has 0 N–H and O–H groups in total. The zero-order valence-corrected chi connectivity index (χ0v) is 88.3. The summed E-state index contributed by atoms with van der Waals surface area (Å²) in [6.45, 7) is 29.3. The van der Waals surface area contributed by atoms with Crippen LogP contribution in [0.3, 0.4) is 0 Å². The van der Waals surface area contributed by atoms with Crippen molar-refractivity contribution in [3.63, 3.8) is 0 Å². The Kier molecular flexibility index (Phi) is 51.4. The smallest absolute Gasteiger partial charge is 0.421 e.